The quantitative estimate of drug-likeness (QED) is 0.165. The summed E-state index contributed by atoms with van der Waals surface area (Å²) in [6.07, 6.45) is 0. The first-order valence-electron chi connectivity index (χ1n) is 19.0. The van der Waals surface area contributed by atoms with Gasteiger partial charge < -0.3 is 0 Å². The number of hydrogen-bond acceptors (Lipinski definition) is 1. The maximum absolute atomic E-state index is 5.41. The molecule has 0 radical (unpaired) electrons. The highest BCUT2D eigenvalue weighted by Gasteiger charge is 2.51. The van der Waals surface area contributed by atoms with E-state index in [1.165, 1.54) is 94.0 Å². The van der Waals surface area contributed by atoms with Crippen LogP contribution in [0.1, 0.15) is 47.2 Å². The van der Waals surface area contributed by atoms with Gasteiger partial charge in [0.15, 0.2) is 0 Å². The Morgan fingerprint density at radius 2 is 0.833 bits per heavy atom. The fraction of sp³-hybridized carbons (Fsp3) is 0.0755. The van der Waals surface area contributed by atoms with E-state index in [1.54, 1.807) is 0 Å². The van der Waals surface area contributed by atoms with E-state index in [0.29, 0.717) is 0 Å². The zero-order valence-corrected chi connectivity index (χ0v) is 30.2. The zero-order valence-electron chi connectivity index (χ0n) is 30.2. The molecule has 0 amide bonds. The summed E-state index contributed by atoms with van der Waals surface area (Å²) in [7, 11) is 0. The van der Waals surface area contributed by atoms with Gasteiger partial charge in [0.25, 0.3) is 0 Å². The van der Waals surface area contributed by atoms with Crippen LogP contribution in [0.25, 0.3) is 77.4 Å². The average molecular weight is 686 g/mol. The van der Waals surface area contributed by atoms with Crippen LogP contribution in [0.2, 0.25) is 0 Å². The van der Waals surface area contributed by atoms with E-state index in [2.05, 4.69) is 190 Å². The number of benzene rings is 8. The summed E-state index contributed by atoms with van der Waals surface area (Å²) in [5.74, 6) is 0. The van der Waals surface area contributed by atoms with Crippen LogP contribution < -0.4 is 0 Å². The molecule has 9 aromatic rings. The topological polar surface area (TPSA) is 12.9 Å². The highest BCUT2D eigenvalue weighted by Crippen LogP contribution is 2.63. The van der Waals surface area contributed by atoms with E-state index >= 15 is 0 Å². The molecule has 8 aromatic carbocycles. The van der Waals surface area contributed by atoms with Crippen molar-refractivity contribution in [2.75, 3.05) is 0 Å². The predicted molar refractivity (Wildman–Crippen MR) is 224 cm³/mol. The largest absolute Gasteiger partial charge is 0.247 e. The minimum Gasteiger partial charge on any atom is -0.247 e. The fourth-order valence-corrected chi connectivity index (χ4v) is 10.5. The SMILES string of the molecule is CC1(C)c2ccccc2-c2ccc(-c3ccc(-c4nc5ccccc5c5cc6c(cc45)-c4ccccc4C64c5ccccc5-c5ccccc54)cc3)cc21. The standard InChI is InChI=1S/C53H35N/c1-52(2)44-18-8-3-13-35(44)39-28-27-34(29-48(39)52)32-23-25-33(26-24-32)51-43-30-42-38-16-6-11-21-47(38)53(49(42)31-41(43)40-17-7-12-22-50(40)54-51)45-19-9-4-14-36(45)37-15-5-10-20-46(37)53/h3-31H,1-2H3. The van der Waals surface area contributed by atoms with Crippen LogP contribution in [-0.2, 0) is 10.8 Å². The van der Waals surface area contributed by atoms with E-state index in [4.69, 9.17) is 4.98 Å². The maximum atomic E-state index is 5.41. The van der Waals surface area contributed by atoms with E-state index in [9.17, 15) is 0 Å². The van der Waals surface area contributed by atoms with Crippen LogP contribution in [0, 0.1) is 0 Å². The van der Waals surface area contributed by atoms with Crippen molar-refractivity contribution in [3.05, 3.63) is 209 Å². The van der Waals surface area contributed by atoms with Gasteiger partial charge >= 0.3 is 0 Å². The lowest BCUT2D eigenvalue weighted by molar-refractivity contribution is 0.660. The van der Waals surface area contributed by atoms with Crippen LogP contribution in [0.4, 0.5) is 0 Å². The average Bonchev–Trinajstić information content (AvgIpc) is 3.78. The molecule has 1 heterocycles. The lowest BCUT2D eigenvalue weighted by Crippen LogP contribution is -2.25. The number of fused-ring (bicyclic) bond motifs is 16. The third-order valence-corrected chi connectivity index (χ3v) is 12.9. The first-order valence-corrected chi connectivity index (χ1v) is 19.0. The molecule has 0 N–H and O–H groups in total. The molecular formula is C53H35N. The summed E-state index contributed by atoms with van der Waals surface area (Å²) >= 11 is 0. The molecule has 1 heteroatoms. The molecule has 54 heavy (non-hydrogen) atoms. The minimum absolute atomic E-state index is 0.0318. The summed E-state index contributed by atoms with van der Waals surface area (Å²) in [4.78, 5) is 5.41. The number of rotatable bonds is 2. The molecule has 0 atom stereocenters. The number of aromatic nitrogens is 1. The molecule has 0 saturated carbocycles. The fourth-order valence-electron chi connectivity index (χ4n) is 10.5. The Morgan fingerprint density at radius 1 is 0.333 bits per heavy atom. The third kappa shape index (κ3) is 3.71. The smallest absolute Gasteiger partial charge is 0.0788 e. The molecule has 0 fully saturated rings. The molecule has 3 aliphatic rings. The van der Waals surface area contributed by atoms with Gasteiger partial charge in [0, 0.05) is 21.8 Å². The molecule has 1 aromatic heterocycles. The highest BCUT2D eigenvalue weighted by atomic mass is 14.7. The second kappa shape index (κ2) is 10.5. The molecule has 252 valence electrons. The molecule has 12 rings (SSSR count). The summed E-state index contributed by atoms with van der Waals surface area (Å²) < 4.78 is 0. The van der Waals surface area contributed by atoms with Gasteiger partial charge in [-0.25, -0.2) is 4.98 Å². The Hall–Kier alpha value is -6.57. The van der Waals surface area contributed by atoms with Gasteiger partial charge in [0.2, 0.25) is 0 Å². The van der Waals surface area contributed by atoms with Gasteiger partial charge in [0.05, 0.1) is 16.6 Å². The predicted octanol–water partition coefficient (Wildman–Crippen LogP) is 13.4. The van der Waals surface area contributed by atoms with E-state index in [-0.39, 0.29) is 10.8 Å². The van der Waals surface area contributed by atoms with Crippen molar-refractivity contribution < 1.29 is 0 Å². The summed E-state index contributed by atoms with van der Waals surface area (Å²) in [6.45, 7) is 4.70. The molecule has 0 saturated heterocycles. The first kappa shape index (κ1) is 29.9. The zero-order chi connectivity index (χ0) is 35.8. The van der Waals surface area contributed by atoms with Crippen molar-refractivity contribution in [2.24, 2.45) is 0 Å². The molecule has 1 nitrogen and oxygen atoms in total. The highest BCUT2D eigenvalue weighted by molar-refractivity contribution is 6.14. The minimum atomic E-state index is -0.384. The summed E-state index contributed by atoms with van der Waals surface area (Å²) in [5, 5.41) is 3.61. The van der Waals surface area contributed by atoms with Crippen LogP contribution in [0.15, 0.2) is 176 Å². The van der Waals surface area contributed by atoms with Gasteiger partial charge in [-0.15, -0.1) is 0 Å². The van der Waals surface area contributed by atoms with E-state index in [0.717, 1.165) is 16.8 Å². The third-order valence-electron chi connectivity index (χ3n) is 12.9. The van der Waals surface area contributed by atoms with E-state index < -0.39 is 0 Å². The molecule has 1 spiro atoms. The van der Waals surface area contributed by atoms with Gasteiger partial charge in [-0.05, 0) is 108 Å². The summed E-state index contributed by atoms with van der Waals surface area (Å²) in [5.41, 5.74) is 21.4. The number of hydrogen-bond donors (Lipinski definition) is 0. The number of nitrogens with zero attached hydrogens (tertiary/aromatic N) is 1. The summed E-state index contributed by atoms with van der Waals surface area (Å²) in [6, 6.07) is 65.7. The van der Waals surface area contributed by atoms with Crippen LogP contribution >= 0.6 is 0 Å². The van der Waals surface area contributed by atoms with Crippen LogP contribution in [0.3, 0.4) is 0 Å². The molecule has 0 unspecified atom stereocenters. The second-order valence-electron chi connectivity index (χ2n) is 15.8. The lowest BCUT2D eigenvalue weighted by Gasteiger charge is -2.30. The Labute approximate surface area is 315 Å². The lowest BCUT2D eigenvalue weighted by atomic mass is 9.70. The van der Waals surface area contributed by atoms with Crippen molar-refractivity contribution in [3.63, 3.8) is 0 Å². The second-order valence-corrected chi connectivity index (χ2v) is 15.8. The number of para-hydroxylation sites is 1. The van der Waals surface area contributed by atoms with Crippen LogP contribution in [0.5, 0.6) is 0 Å². The number of pyridine rings is 1. The van der Waals surface area contributed by atoms with Gasteiger partial charge in [-0.1, -0.05) is 166 Å². The van der Waals surface area contributed by atoms with Gasteiger partial charge in [-0.2, -0.15) is 0 Å². The van der Waals surface area contributed by atoms with Gasteiger partial charge in [0.1, 0.15) is 0 Å². The molecule has 0 aliphatic heterocycles. The Balaban J connectivity index is 1.06. The van der Waals surface area contributed by atoms with Crippen molar-refractivity contribution in [3.8, 4) is 55.8 Å². The van der Waals surface area contributed by atoms with E-state index in [1.807, 2.05) is 0 Å². The normalized spacial score (nSPS) is 14.8. The maximum Gasteiger partial charge on any atom is 0.0788 e. The Morgan fingerprint density at radius 3 is 1.50 bits per heavy atom. The Bertz CT molecular complexity index is 3030. The Kier molecular flexibility index (Phi) is 5.84. The molecule has 0 bridgehead atoms. The van der Waals surface area contributed by atoms with Crippen LogP contribution in [-0.4, -0.2) is 4.98 Å². The van der Waals surface area contributed by atoms with Crippen molar-refractivity contribution in [2.45, 2.75) is 24.7 Å². The molecular weight excluding hydrogens is 651 g/mol. The van der Waals surface area contributed by atoms with Crippen molar-refractivity contribution in [1.29, 1.82) is 0 Å². The monoisotopic (exact) mass is 685 g/mol. The first-order chi connectivity index (χ1) is 26.5. The molecule has 3 aliphatic carbocycles. The van der Waals surface area contributed by atoms with Crippen molar-refractivity contribution in [1.82, 2.24) is 4.98 Å². The van der Waals surface area contributed by atoms with Gasteiger partial charge in [-0.3, -0.25) is 0 Å². The van der Waals surface area contributed by atoms with Crippen molar-refractivity contribution >= 4 is 21.7 Å².